The Morgan fingerprint density at radius 2 is 1.37 bits per heavy atom. The standard InChI is InChI=1S/C33H28ClN/c34-28-14-21-5-1-2-6-22(21)15-29(28)35-23-9-10-25-24-7-3-4-8-26(24)33(27(25)16-23)30-12-19-11-20-13-31(33)32(30,17-19)18-20/h1-10,14-16,19-20,30-31,35H,11-13,17-18H2. The first-order valence-electron chi connectivity index (χ1n) is 13.4. The lowest BCUT2D eigenvalue weighted by molar-refractivity contribution is -0.0820. The first kappa shape index (κ1) is 19.4. The average Bonchev–Trinajstić information content (AvgIpc) is 3.39. The Balaban J connectivity index is 1.21. The first-order chi connectivity index (χ1) is 17.2. The number of fused-ring (bicyclic) bond motifs is 10. The summed E-state index contributed by atoms with van der Waals surface area (Å²) < 4.78 is 0. The molecule has 4 unspecified atom stereocenters. The lowest BCUT2D eigenvalue weighted by atomic mass is 9.38. The van der Waals surface area contributed by atoms with Gasteiger partial charge in [0.2, 0.25) is 0 Å². The Hall–Kier alpha value is -2.77. The van der Waals surface area contributed by atoms with E-state index in [1.54, 1.807) is 11.1 Å². The molecule has 172 valence electrons. The van der Waals surface area contributed by atoms with Gasteiger partial charge in [-0.15, -0.1) is 0 Å². The molecule has 1 N–H and O–H groups in total. The molecule has 35 heavy (non-hydrogen) atoms. The van der Waals surface area contributed by atoms with Crippen LogP contribution in [0.4, 0.5) is 11.4 Å². The second-order valence-corrected chi connectivity index (χ2v) is 12.6. The molecule has 4 aromatic rings. The molecule has 4 fully saturated rings. The number of halogens is 1. The zero-order chi connectivity index (χ0) is 22.9. The highest BCUT2D eigenvalue weighted by molar-refractivity contribution is 6.34. The molecule has 2 spiro atoms. The summed E-state index contributed by atoms with van der Waals surface area (Å²) in [6, 6.07) is 29.2. The van der Waals surface area contributed by atoms with Crippen molar-refractivity contribution >= 4 is 33.7 Å². The lowest BCUT2D eigenvalue weighted by Gasteiger charge is -2.64. The third-order valence-corrected chi connectivity index (χ3v) is 11.2. The second kappa shape index (κ2) is 6.31. The van der Waals surface area contributed by atoms with Gasteiger partial charge in [0.05, 0.1) is 10.7 Å². The zero-order valence-electron chi connectivity index (χ0n) is 19.7. The smallest absolute Gasteiger partial charge is 0.0647 e. The van der Waals surface area contributed by atoms with Crippen LogP contribution in [0.5, 0.6) is 0 Å². The highest BCUT2D eigenvalue weighted by Gasteiger charge is 2.79. The Morgan fingerprint density at radius 3 is 2.17 bits per heavy atom. The summed E-state index contributed by atoms with van der Waals surface area (Å²) in [6.07, 6.45) is 7.39. The van der Waals surface area contributed by atoms with Gasteiger partial charge in [-0.3, -0.25) is 0 Å². The van der Waals surface area contributed by atoms with E-state index in [0.717, 1.165) is 40.1 Å². The molecule has 1 nitrogen and oxygen atoms in total. The Kier molecular flexibility index (Phi) is 3.50. The van der Waals surface area contributed by atoms with Crippen LogP contribution in [0.3, 0.4) is 0 Å². The largest absolute Gasteiger partial charge is 0.354 e. The van der Waals surface area contributed by atoms with E-state index in [1.807, 2.05) is 0 Å². The van der Waals surface area contributed by atoms with E-state index in [0.29, 0.717) is 5.41 Å². The maximum Gasteiger partial charge on any atom is 0.0647 e. The number of benzene rings is 4. The van der Waals surface area contributed by atoms with Gasteiger partial charge in [0, 0.05) is 11.1 Å². The van der Waals surface area contributed by atoms with E-state index < -0.39 is 0 Å². The van der Waals surface area contributed by atoms with Gasteiger partial charge in [0.1, 0.15) is 0 Å². The summed E-state index contributed by atoms with van der Waals surface area (Å²) in [5, 5.41) is 6.88. The van der Waals surface area contributed by atoms with Crippen LogP contribution in [-0.4, -0.2) is 0 Å². The summed E-state index contributed by atoms with van der Waals surface area (Å²) in [5.41, 5.74) is 9.18. The van der Waals surface area contributed by atoms with Crippen molar-refractivity contribution in [2.75, 3.05) is 5.32 Å². The normalized spacial score (nSPS) is 34.7. The van der Waals surface area contributed by atoms with Crippen molar-refractivity contribution < 1.29 is 0 Å². The third kappa shape index (κ3) is 2.20. The molecule has 0 saturated heterocycles. The Morgan fingerprint density at radius 1 is 0.686 bits per heavy atom. The molecule has 5 aliphatic carbocycles. The summed E-state index contributed by atoms with van der Waals surface area (Å²) in [7, 11) is 0. The molecule has 0 aromatic heterocycles. The third-order valence-electron chi connectivity index (χ3n) is 10.9. The molecular formula is C33H28ClN. The second-order valence-electron chi connectivity index (χ2n) is 12.2. The Bertz CT molecular complexity index is 1540. The predicted molar refractivity (Wildman–Crippen MR) is 144 cm³/mol. The molecule has 0 heterocycles. The molecule has 4 saturated carbocycles. The first-order valence-corrected chi connectivity index (χ1v) is 13.7. The van der Waals surface area contributed by atoms with Crippen molar-refractivity contribution in [1.82, 2.24) is 0 Å². The summed E-state index contributed by atoms with van der Waals surface area (Å²) in [6.45, 7) is 0. The van der Waals surface area contributed by atoms with E-state index in [1.165, 1.54) is 54.0 Å². The van der Waals surface area contributed by atoms with Crippen LogP contribution in [0.25, 0.3) is 21.9 Å². The number of hydrogen-bond acceptors (Lipinski definition) is 1. The van der Waals surface area contributed by atoms with E-state index in [4.69, 9.17) is 11.6 Å². The molecule has 0 amide bonds. The predicted octanol–water partition coefficient (Wildman–Crippen LogP) is 8.96. The van der Waals surface area contributed by atoms with Crippen molar-refractivity contribution in [2.24, 2.45) is 29.1 Å². The van der Waals surface area contributed by atoms with Gasteiger partial charge in [-0.1, -0.05) is 66.2 Å². The van der Waals surface area contributed by atoms with Gasteiger partial charge in [-0.2, -0.15) is 0 Å². The fraction of sp³-hybridized carbons (Fsp3) is 0.333. The fourth-order valence-electron chi connectivity index (χ4n) is 10.2. The van der Waals surface area contributed by atoms with E-state index in [9.17, 15) is 0 Å². The van der Waals surface area contributed by atoms with Crippen LogP contribution in [0.15, 0.2) is 78.9 Å². The number of rotatable bonds is 2. The molecule has 3 bridgehead atoms. The average molecular weight is 474 g/mol. The number of anilines is 2. The minimum Gasteiger partial charge on any atom is -0.354 e. The maximum absolute atomic E-state index is 6.74. The summed E-state index contributed by atoms with van der Waals surface area (Å²) in [4.78, 5) is 0. The van der Waals surface area contributed by atoms with Gasteiger partial charge in [0.15, 0.2) is 0 Å². The molecule has 4 aromatic carbocycles. The molecule has 4 atom stereocenters. The fourth-order valence-corrected chi connectivity index (χ4v) is 10.4. The summed E-state index contributed by atoms with van der Waals surface area (Å²) in [5.74, 6) is 3.58. The van der Waals surface area contributed by atoms with Gasteiger partial charge >= 0.3 is 0 Å². The van der Waals surface area contributed by atoms with Crippen LogP contribution >= 0.6 is 11.6 Å². The highest BCUT2D eigenvalue weighted by atomic mass is 35.5. The topological polar surface area (TPSA) is 12.0 Å². The minimum absolute atomic E-state index is 0.223. The van der Waals surface area contributed by atoms with Crippen molar-refractivity contribution in [1.29, 1.82) is 0 Å². The van der Waals surface area contributed by atoms with Crippen LogP contribution < -0.4 is 5.32 Å². The van der Waals surface area contributed by atoms with Gasteiger partial charge in [-0.25, -0.2) is 0 Å². The quantitative estimate of drug-likeness (QED) is 0.306. The van der Waals surface area contributed by atoms with Crippen molar-refractivity contribution in [3.05, 3.63) is 95.0 Å². The van der Waals surface area contributed by atoms with Gasteiger partial charge < -0.3 is 5.32 Å². The van der Waals surface area contributed by atoms with Gasteiger partial charge in [0.25, 0.3) is 0 Å². The molecule has 9 rings (SSSR count). The lowest BCUT2D eigenvalue weighted by Crippen LogP contribution is -2.62. The zero-order valence-corrected chi connectivity index (χ0v) is 20.5. The van der Waals surface area contributed by atoms with E-state index in [-0.39, 0.29) is 5.41 Å². The van der Waals surface area contributed by atoms with Crippen molar-refractivity contribution in [3.8, 4) is 11.1 Å². The molecule has 0 radical (unpaired) electrons. The summed E-state index contributed by atoms with van der Waals surface area (Å²) >= 11 is 6.74. The van der Waals surface area contributed by atoms with Crippen molar-refractivity contribution in [3.63, 3.8) is 0 Å². The molecule has 5 aliphatic rings. The monoisotopic (exact) mass is 473 g/mol. The maximum atomic E-state index is 6.74. The number of nitrogens with one attached hydrogen (secondary N) is 1. The highest BCUT2D eigenvalue weighted by Crippen LogP contribution is 2.85. The van der Waals surface area contributed by atoms with Crippen molar-refractivity contribution in [2.45, 2.75) is 37.5 Å². The van der Waals surface area contributed by atoms with E-state index in [2.05, 4.69) is 84.2 Å². The van der Waals surface area contributed by atoms with Crippen LogP contribution in [0, 0.1) is 29.1 Å². The van der Waals surface area contributed by atoms with E-state index >= 15 is 0 Å². The van der Waals surface area contributed by atoms with Crippen LogP contribution in [-0.2, 0) is 5.41 Å². The Labute approximate surface area is 211 Å². The number of hydrogen-bond donors (Lipinski definition) is 1. The van der Waals surface area contributed by atoms with Crippen LogP contribution in [0.1, 0.15) is 43.2 Å². The van der Waals surface area contributed by atoms with Gasteiger partial charge in [-0.05, 0) is 118 Å². The molecule has 0 aliphatic heterocycles. The van der Waals surface area contributed by atoms with Crippen LogP contribution in [0.2, 0.25) is 5.02 Å². The minimum atomic E-state index is 0.223. The molecular weight excluding hydrogens is 446 g/mol. The molecule has 2 heteroatoms. The SMILES string of the molecule is Clc1cc2ccccc2cc1Nc1ccc2c(c1)C1(c3ccccc3-2)C2CC3CC4CC1C2(C3)C4.